The minimum absolute atomic E-state index is 0.0301. The van der Waals surface area contributed by atoms with E-state index in [1.54, 1.807) is 20.3 Å². The van der Waals surface area contributed by atoms with Crippen molar-refractivity contribution in [2.45, 2.75) is 39.5 Å². The van der Waals surface area contributed by atoms with Crippen molar-refractivity contribution in [3.63, 3.8) is 0 Å². The molecule has 0 fully saturated rings. The smallest absolute Gasteiger partial charge is 0.336 e. The first-order chi connectivity index (χ1) is 13.2. The van der Waals surface area contributed by atoms with E-state index in [4.69, 9.17) is 14.2 Å². The molecule has 1 heterocycles. The third-order valence-corrected chi connectivity index (χ3v) is 5.39. The number of Topliss-reactive ketones (excluding diaryl/α,β-unsaturated/α-hetero) is 1. The quantitative estimate of drug-likeness (QED) is 0.800. The number of methoxy groups -OCH3 is 3. The van der Waals surface area contributed by atoms with Crippen molar-refractivity contribution in [3.05, 3.63) is 46.3 Å². The van der Waals surface area contributed by atoms with Crippen molar-refractivity contribution in [1.82, 2.24) is 5.32 Å². The molecule has 3 rings (SSSR count). The maximum Gasteiger partial charge on any atom is 0.336 e. The van der Waals surface area contributed by atoms with E-state index in [1.165, 1.54) is 7.11 Å². The predicted molar refractivity (Wildman–Crippen MR) is 105 cm³/mol. The fraction of sp³-hybridized carbons (Fsp3) is 0.455. The molecule has 1 N–H and O–H groups in total. The third-order valence-electron chi connectivity index (χ3n) is 5.39. The summed E-state index contributed by atoms with van der Waals surface area (Å²) in [5, 5.41) is 3.30. The largest absolute Gasteiger partial charge is 0.493 e. The van der Waals surface area contributed by atoms with Crippen LogP contribution in [0.25, 0.3) is 0 Å². The van der Waals surface area contributed by atoms with Gasteiger partial charge in [0.25, 0.3) is 0 Å². The summed E-state index contributed by atoms with van der Waals surface area (Å²) in [5.41, 5.74) is 3.14. The zero-order chi connectivity index (χ0) is 20.6. The number of ketones is 1. The number of para-hydroxylation sites is 1. The second-order valence-electron chi connectivity index (χ2n) is 8.00. The Morgan fingerprint density at radius 3 is 2.46 bits per heavy atom. The molecule has 1 aromatic carbocycles. The lowest BCUT2D eigenvalue weighted by Gasteiger charge is -2.39. The van der Waals surface area contributed by atoms with Crippen LogP contribution < -0.4 is 14.8 Å². The topological polar surface area (TPSA) is 73.9 Å². The molecule has 0 radical (unpaired) electrons. The first kappa shape index (κ1) is 20.0. The summed E-state index contributed by atoms with van der Waals surface area (Å²) in [5.74, 6) is 0.0469. The maximum absolute atomic E-state index is 13.2. The molecule has 28 heavy (non-hydrogen) atoms. The SMILES string of the molecule is COC(=O)C1=C(C)NC2=C(C(=O)CC(C)(C)C2)[C@H]1c1cccc(OC)c1OC. The predicted octanol–water partition coefficient (Wildman–Crippen LogP) is 3.48. The Kier molecular flexibility index (Phi) is 5.24. The Bertz CT molecular complexity index is 894. The van der Waals surface area contributed by atoms with Crippen LogP contribution in [0.4, 0.5) is 0 Å². The number of ether oxygens (including phenoxy) is 3. The minimum atomic E-state index is -0.572. The van der Waals surface area contributed by atoms with Gasteiger partial charge in [-0.05, 0) is 24.8 Å². The summed E-state index contributed by atoms with van der Waals surface area (Å²) in [6.45, 7) is 5.99. The normalized spacial score (nSPS) is 21.1. The number of nitrogens with one attached hydrogen (secondary N) is 1. The summed E-state index contributed by atoms with van der Waals surface area (Å²) in [7, 11) is 4.46. The number of hydrogen-bond donors (Lipinski definition) is 1. The van der Waals surface area contributed by atoms with Gasteiger partial charge in [-0.15, -0.1) is 0 Å². The molecule has 150 valence electrons. The van der Waals surface area contributed by atoms with E-state index in [-0.39, 0.29) is 11.2 Å². The molecule has 1 atom stereocenters. The van der Waals surface area contributed by atoms with Crippen molar-refractivity contribution in [2.75, 3.05) is 21.3 Å². The zero-order valence-electron chi connectivity index (χ0n) is 17.3. The highest BCUT2D eigenvalue weighted by Crippen LogP contribution is 2.49. The number of rotatable bonds is 4. The number of allylic oxidation sites excluding steroid dienone is 3. The van der Waals surface area contributed by atoms with E-state index < -0.39 is 11.9 Å². The molecule has 6 nitrogen and oxygen atoms in total. The second kappa shape index (κ2) is 7.34. The Labute approximate surface area is 165 Å². The number of esters is 1. The third kappa shape index (κ3) is 3.28. The Morgan fingerprint density at radius 2 is 1.86 bits per heavy atom. The van der Waals surface area contributed by atoms with Crippen LogP contribution in [0.15, 0.2) is 40.7 Å². The minimum Gasteiger partial charge on any atom is -0.493 e. The highest BCUT2D eigenvalue weighted by Gasteiger charge is 2.44. The van der Waals surface area contributed by atoms with E-state index in [1.807, 2.05) is 19.1 Å². The van der Waals surface area contributed by atoms with Gasteiger partial charge in [-0.25, -0.2) is 4.79 Å². The molecule has 0 aromatic heterocycles. The first-order valence-corrected chi connectivity index (χ1v) is 9.27. The monoisotopic (exact) mass is 385 g/mol. The fourth-order valence-electron chi connectivity index (χ4n) is 4.27. The van der Waals surface area contributed by atoms with Crippen molar-refractivity contribution in [3.8, 4) is 11.5 Å². The van der Waals surface area contributed by atoms with Gasteiger partial charge in [0.1, 0.15) is 0 Å². The fourth-order valence-corrected chi connectivity index (χ4v) is 4.27. The van der Waals surface area contributed by atoms with Crippen LogP contribution in [0, 0.1) is 5.41 Å². The highest BCUT2D eigenvalue weighted by molar-refractivity contribution is 6.04. The summed E-state index contributed by atoms with van der Waals surface area (Å²) in [6.07, 6.45) is 1.15. The summed E-state index contributed by atoms with van der Waals surface area (Å²) in [6, 6.07) is 5.49. The van der Waals surface area contributed by atoms with Crippen molar-refractivity contribution < 1.29 is 23.8 Å². The Morgan fingerprint density at radius 1 is 1.14 bits per heavy atom. The van der Waals surface area contributed by atoms with Crippen molar-refractivity contribution in [1.29, 1.82) is 0 Å². The lowest BCUT2D eigenvalue weighted by atomic mass is 9.68. The van der Waals surface area contributed by atoms with Gasteiger partial charge < -0.3 is 19.5 Å². The van der Waals surface area contributed by atoms with Crippen LogP contribution in [0.5, 0.6) is 11.5 Å². The van der Waals surface area contributed by atoms with Gasteiger partial charge in [-0.2, -0.15) is 0 Å². The molecule has 1 aliphatic heterocycles. The maximum atomic E-state index is 13.2. The van der Waals surface area contributed by atoms with E-state index in [9.17, 15) is 9.59 Å². The molecular formula is C22H27NO5. The van der Waals surface area contributed by atoms with Crippen LogP contribution in [0.1, 0.15) is 45.1 Å². The zero-order valence-corrected chi connectivity index (χ0v) is 17.3. The molecule has 2 aliphatic rings. The van der Waals surface area contributed by atoms with Crippen molar-refractivity contribution in [2.24, 2.45) is 5.41 Å². The van der Waals surface area contributed by atoms with Gasteiger partial charge in [0.15, 0.2) is 17.3 Å². The summed E-state index contributed by atoms with van der Waals surface area (Å²) in [4.78, 5) is 25.9. The summed E-state index contributed by atoms with van der Waals surface area (Å²) < 4.78 is 16.1. The molecule has 0 saturated heterocycles. The number of carbonyl (C=O) groups excluding carboxylic acids is 2. The molecule has 1 aromatic rings. The molecule has 1 aliphatic carbocycles. The summed E-state index contributed by atoms with van der Waals surface area (Å²) >= 11 is 0. The number of dihydropyridines is 1. The van der Waals surface area contributed by atoms with E-state index in [0.29, 0.717) is 40.3 Å². The van der Waals surface area contributed by atoms with Crippen LogP contribution >= 0.6 is 0 Å². The van der Waals surface area contributed by atoms with Gasteiger partial charge in [0.2, 0.25) is 0 Å². The van der Waals surface area contributed by atoms with Crippen molar-refractivity contribution >= 4 is 11.8 Å². The lowest BCUT2D eigenvalue weighted by Crippen LogP contribution is -2.38. The number of carbonyl (C=O) groups is 2. The molecule has 6 heteroatoms. The van der Waals surface area contributed by atoms with E-state index >= 15 is 0 Å². The molecular weight excluding hydrogens is 358 g/mol. The standard InChI is InChI=1S/C22H27NO5/c1-12-17(21(25)28-6)18(13-8-7-9-16(26-4)20(13)27-5)19-14(23-12)10-22(2,3)11-15(19)24/h7-9,18,23H,10-11H2,1-6H3/t18-/m0/s1. The van der Waals surface area contributed by atoms with Gasteiger partial charge in [-0.1, -0.05) is 26.0 Å². The average molecular weight is 385 g/mol. The van der Waals surface area contributed by atoms with Gasteiger partial charge in [-0.3, -0.25) is 4.79 Å². The molecule has 0 spiro atoms. The molecule has 0 saturated carbocycles. The molecule has 0 bridgehead atoms. The van der Waals surface area contributed by atoms with Crippen LogP contribution in [-0.2, 0) is 14.3 Å². The van der Waals surface area contributed by atoms with Crippen LogP contribution in [0.3, 0.4) is 0 Å². The highest BCUT2D eigenvalue weighted by atomic mass is 16.5. The first-order valence-electron chi connectivity index (χ1n) is 9.27. The molecule has 0 amide bonds. The van der Waals surface area contributed by atoms with E-state index in [0.717, 1.165) is 12.1 Å². The Hall–Kier alpha value is -2.76. The Balaban J connectivity index is 2.29. The second-order valence-corrected chi connectivity index (χ2v) is 8.00. The van der Waals surface area contributed by atoms with Crippen LogP contribution in [0.2, 0.25) is 0 Å². The van der Waals surface area contributed by atoms with Gasteiger partial charge in [0.05, 0.1) is 32.8 Å². The number of benzene rings is 1. The van der Waals surface area contributed by atoms with Gasteiger partial charge >= 0.3 is 5.97 Å². The van der Waals surface area contributed by atoms with Gasteiger partial charge in [0, 0.05) is 29.0 Å². The average Bonchev–Trinajstić information content (AvgIpc) is 2.64. The number of hydrogen-bond acceptors (Lipinski definition) is 6. The van der Waals surface area contributed by atoms with Crippen LogP contribution in [-0.4, -0.2) is 33.1 Å². The van der Waals surface area contributed by atoms with E-state index in [2.05, 4.69) is 19.2 Å². The lowest BCUT2D eigenvalue weighted by molar-refractivity contribution is -0.136. The molecule has 0 unspecified atom stereocenters.